The lowest BCUT2D eigenvalue weighted by Gasteiger charge is -2.34. The molecule has 1 aromatic heterocycles. The fraction of sp³-hybridized carbons (Fsp3) is 0.600. The average molecular weight is 291 g/mol. The molecule has 1 aliphatic rings. The number of aromatic nitrogens is 2. The molecule has 1 fully saturated rings. The highest BCUT2D eigenvalue weighted by Gasteiger charge is 2.24. The van der Waals surface area contributed by atoms with Crippen LogP contribution in [0.15, 0.2) is 6.07 Å². The molecular weight excluding hydrogens is 276 g/mol. The average Bonchev–Trinajstić information content (AvgIpc) is 2.27. The lowest BCUT2D eigenvalue weighted by molar-refractivity contribution is 0.387. The van der Waals surface area contributed by atoms with E-state index < -0.39 is 10.0 Å². The van der Waals surface area contributed by atoms with E-state index in [0.29, 0.717) is 26.2 Å². The largest absolute Gasteiger partial charge is 0.354 e. The smallest absolute Gasteiger partial charge is 0.224 e. The maximum Gasteiger partial charge on any atom is 0.224 e. The molecule has 2 heterocycles. The Morgan fingerprint density at radius 3 is 2.33 bits per heavy atom. The first-order chi connectivity index (χ1) is 8.36. The first-order valence-electron chi connectivity index (χ1n) is 5.57. The van der Waals surface area contributed by atoms with Crippen molar-refractivity contribution in [3.63, 3.8) is 0 Å². The Labute approximate surface area is 112 Å². The maximum absolute atomic E-state index is 11.4. The van der Waals surface area contributed by atoms with Gasteiger partial charge in [0.1, 0.15) is 5.82 Å². The molecule has 0 saturated carbocycles. The van der Waals surface area contributed by atoms with E-state index in [1.165, 1.54) is 10.6 Å². The van der Waals surface area contributed by atoms with Crippen molar-refractivity contribution in [2.24, 2.45) is 0 Å². The summed E-state index contributed by atoms with van der Waals surface area (Å²) in [7, 11) is -3.10. The van der Waals surface area contributed by atoms with Gasteiger partial charge in [-0.3, -0.25) is 0 Å². The molecule has 8 heteroatoms. The van der Waals surface area contributed by atoms with Crippen molar-refractivity contribution in [2.75, 3.05) is 37.3 Å². The van der Waals surface area contributed by atoms with Crippen LogP contribution < -0.4 is 4.90 Å². The van der Waals surface area contributed by atoms with Crippen LogP contribution in [0.2, 0.25) is 5.28 Å². The first-order valence-corrected chi connectivity index (χ1v) is 7.80. The Morgan fingerprint density at radius 1 is 1.22 bits per heavy atom. The standard InChI is InChI=1S/C10H15ClN4O2S/c1-8-7-9(13-10(11)12-8)14-3-5-15(6-4-14)18(2,16)17/h7H,3-6H2,1-2H3. The molecule has 0 radical (unpaired) electrons. The molecule has 1 aromatic rings. The van der Waals surface area contributed by atoms with E-state index >= 15 is 0 Å². The van der Waals surface area contributed by atoms with Crippen LogP contribution in [0.1, 0.15) is 5.69 Å². The number of halogens is 1. The lowest BCUT2D eigenvalue weighted by atomic mass is 10.3. The fourth-order valence-corrected chi connectivity index (χ4v) is 2.97. The van der Waals surface area contributed by atoms with Crippen LogP contribution >= 0.6 is 11.6 Å². The van der Waals surface area contributed by atoms with Crippen LogP contribution in [0.25, 0.3) is 0 Å². The maximum atomic E-state index is 11.4. The van der Waals surface area contributed by atoms with Gasteiger partial charge in [-0.15, -0.1) is 0 Å². The zero-order valence-electron chi connectivity index (χ0n) is 10.3. The summed E-state index contributed by atoms with van der Waals surface area (Å²) in [5.74, 6) is 0.751. The Bertz CT molecular complexity index is 521. The highest BCUT2D eigenvalue weighted by atomic mass is 35.5. The van der Waals surface area contributed by atoms with Crippen LogP contribution in [0, 0.1) is 6.92 Å². The van der Waals surface area contributed by atoms with Crippen molar-refractivity contribution in [1.82, 2.24) is 14.3 Å². The minimum atomic E-state index is -3.10. The number of hydrogen-bond acceptors (Lipinski definition) is 5. The quantitative estimate of drug-likeness (QED) is 0.743. The Balaban J connectivity index is 2.10. The van der Waals surface area contributed by atoms with Gasteiger partial charge in [0.05, 0.1) is 6.26 Å². The Morgan fingerprint density at radius 2 is 1.83 bits per heavy atom. The van der Waals surface area contributed by atoms with E-state index in [1.807, 2.05) is 17.9 Å². The molecule has 0 N–H and O–H groups in total. The second kappa shape index (κ2) is 4.99. The van der Waals surface area contributed by atoms with E-state index in [1.54, 1.807) is 0 Å². The number of anilines is 1. The van der Waals surface area contributed by atoms with Gasteiger partial charge in [0, 0.05) is 37.9 Å². The second-order valence-electron chi connectivity index (χ2n) is 4.29. The molecule has 0 bridgehead atoms. The highest BCUT2D eigenvalue weighted by Crippen LogP contribution is 2.17. The summed E-state index contributed by atoms with van der Waals surface area (Å²) in [6, 6.07) is 1.85. The number of nitrogens with zero attached hydrogens (tertiary/aromatic N) is 4. The van der Waals surface area contributed by atoms with Gasteiger partial charge in [-0.25, -0.2) is 18.4 Å². The fourth-order valence-electron chi connectivity index (χ4n) is 1.93. The molecule has 6 nitrogen and oxygen atoms in total. The molecule has 0 aromatic carbocycles. The van der Waals surface area contributed by atoms with Crippen LogP contribution in [0.4, 0.5) is 5.82 Å². The number of piperazine rings is 1. The SMILES string of the molecule is Cc1cc(N2CCN(S(C)(=O)=O)CC2)nc(Cl)n1. The van der Waals surface area contributed by atoms with Crippen LogP contribution in [-0.4, -0.2) is 55.1 Å². The molecule has 0 atom stereocenters. The zero-order valence-corrected chi connectivity index (χ0v) is 11.9. The van der Waals surface area contributed by atoms with E-state index in [0.717, 1.165) is 11.5 Å². The lowest BCUT2D eigenvalue weighted by Crippen LogP contribution is -2.48. The van der Waals surface area contributed by atoms with Crippen molar-refractivity contribution in [1.29, 1.82) is 0 Å². The van der Waals surface area contributed by atoms with Gasteiger partial charge < -0.3 is 4.90 Å². The summed E-state index contributed by atoms with van der Waals surface area (Å²) < 4.78 is 24.3. The molecule has 0 amide bonds. The van der Waals surface area contributed by atoms with Crippen molar-refractivity contribution in [2.45, 2.75) is 6.92 Å². The number of rotatable bonds is 2. The van der Waals surface area contributed by atoms with Crippen molar-refractivity contribution in [3.8, 4) is 0 Å². The summed E-state index contributed by atoms with van der Waals surface area (Å²) in [5, 5.41) is 0.218. The zero-order chi connectivity index (χ0) is 13.3. The summed E-state index contributed by atoms with van der Waals surface area (Å²) in [5.41, 5.74) is 0.801. The van der Waals surface area contributed by atoms with Crippen LogP contribution in [-0.2, 0) is 10.0 Å². The predicted molar refractivity (Wildman–Crippen MR) is 70.4 cm³/mol. The molecular formula is C10H15ClN4O2S. The summed E-state index contributed by atoms with van der Waals surface area (Å²) in [6.07, 6.45) is 1.23. The monoisotopic (exact) mass is 290 g/mol. The highest BCUT2D eigenvalue weighted by molar-refractivity contribution is 7.88. The molecule has 1 aliphatic heterocycles. The van der Waals surface area contributed by atoms with E-state index in [-0.39, 0.29) is 5.28 Å². The Hall–Kier alpha value is -0.920. The van der Waals surface area contributed by atoms with E-state index in [9.17, 15) is 8.42 Å². The number of aryl methyl sites for hydroxylation is 1. The van der Waals surface area contributed by atoms with Gasteiger partial charge in [0.15, 0.2) is 0 Å². The van der Waals surface area contributed by atoms with Gasteiger partial charge in [-0.1, -0.05) is 0 Å². The minimum absolute atomic E-state index is 0.218. The van der Waals surface area contributed by atoms with Crippen LogP contribution in [0.3, 0.4) is 0 Å². The van der Waals surface area contributed by atoms with Crippen molar-refractivity contribution < 1.29 is 8.42 Å². The van der Waals surface area contributed by atoms with E-state index in [2.05, 4.69) is 9.97 Å². The Kier molecular flexibility index (Phi) is 3.74. The summed E-state index contributed by atoms with van der Waals surface area (Å²) in [6.45, 7) is 4.02. The van der Waals surface area contributed by atoms with Gasteiger partial charge in [0.2, 0.25) is 15.3 Å². The van der Waals surface area contributed by atoms with Gasteiger partial charge in [-0.05, 0) is 18.5 Å². The third-order valence-corrected chi connectivity index (χ3v) is 4.32. The predicted octanol–water partition coefficient (Wildman–Crippen LogP) is 0.520. The molecule has 18 heavy (non-hydrogen) atoms. The minimum Gasteiger partial charge on any atom is -0.354 e. The molecule has 0 aliphatic carbocycles. The van der Waals surface area contributed by atoms with Crippen molar-refractivity contribution >= 4 is 27.4 Å². The second-order valence-corrected chi connectivity index (χ2v) is 6.61. The van der Waals surface area contributed by atoms with E-state index in [4.69, 9.17) is 11.6 Å². The van der Waals surface area contributed by atoms with Gasteiger partial charge >= 0.3 is 0 Å². The normalized spacial score (nSPS) is 18.1. The molecule has 2 rings (SSSR count). The molecule has 0 spiro atoms. The molecule has 1 saturated heterocycles. The molecule has 0 unspecified atom stereocenters. The number of hydrogen-bond donors (Lipinski definition) is 0. The topological polar surface area (TPSA) is 66.4 Å². The van der Waals surface area contributed by atoms with Gasteiger partial charge in [0.25, 0.3) is 0 Å². The third-order valence-electron chi connectivity index (χ3n) is 2.85. The number of sulfonamides is 1. The van der Waals surface area contributed by atoms with Crippen LogP contribution in [0.5, 0.6) is 0 Å². The molecule has 100 valence electrons. The van der Waals surface area contributed by atoms with Gasteiger partial charge in [-0.2, -0.15) is 4.31 Å². The third kappa shape index (κ3) is 3.09. The first kappa shape index (κ1) is 13.5. The summed E-state index contributed by atoms with van der Waals surface area (Å²) >= 11 is 5.82. The van der Waals surface area contributed by atoms with Crippen molar-refractivity contribution in [3.05, 3.63) is 17.0 Å². The summed E-state index contributed by atoms with van der Waals surface area (Å²) in [4.78, 5) is 10.2.